The molecule has 5 N–H and O–H groups in total. The first-order chi connectivity index (χ1) is 9.08. The molecule has 0 spiro atoms. The molecule has 1 aromatic rings. The van der Waals surface area contributed by atoms with Gasteiger partial charge < -0.3 is 26.0 Å². The van der Waals surface area contributed by atoms with E-state index in [9.17, 15) is 4.79 Å². The number of nitrogens with two attached hydrogens (primary N) is 2. The van der Waals surface area contributed by atoms with Gasteiger partial charge in [-0.25, -0.2) is 4.79 Å². The van der Waals surface area contributed by atoms with Gasteiger partial charge in [0.2, 0.25) is 0 Å². The van der Waals surface area contributed by atoms with Crippen molar-refractivity contribution >= 4 is 12.0 Å². The summed E-state index contributed by atoms with van der Waals surface area (Å²) < 4.78 is 10.1. The van der Waals surface area contributed by atoms with Gasteiger partial charge in [-0.15, -0.1) is 0 Å². The number of carboxylic acid groups (broad SMARTS) is 1. The number of carboxylic acids is 1. The van der Waals surface area contributed by atoms with Crippen LogP contribution in [0.1, 0.15) is 5.56 Å². The van der Waals surface area contributed by atoms with E-state index in [2.05, 4.69) is 0 Å². The molecule has 116 valence electrons. The number of carbonyl (C=O) groups is 1. The Labute approximate surface area is 128 Å². The third-order valence-electron chi connectivity index (χ3n) is 1.99. The van der Waals surface area contributed by atoms with Crippen molar-refractivity contribution in [1.29, 1.82) is 0 Å². The van der Waals surface area contributed by atoms with Crippen molar-refractivity contribution in [3.05, 3.63) is 29.8 Å². The van der Waals surface area contributed by atoms with Gasteiger partial charge in [0, 0.05) is 35.7 Å². The summed E-state index contributed by atoms with van der Waals surface area (Å²) in [5, 5.41) is 8.46. The number of rotatable bonds is 5. The average molecular weight is 327 g/mol. The Balaban J connectivity index is 0. The molecule has 1 rings (SSSR count). The van der Waals surface area contributed by atoms with Crippen LogP contribution in [0.25, 0.3) is 6.08 Å². The molecule has 0 aliphatic heterocycles. The summed E-state index contributed by atoms with van der Waals surface area (Å²) >= 11 is 0. The van der Waals surface area contributed by atoms with Crippen molar-refractivity contribution in [3.63, 3.8) is 0 Å². The SMILES string of the molecule is COc1ccc(/C=C/C(=O)O)cc1OC.NCCN.[Ni]. The molecule has 0 bridgehead atoms. The van der Waals surface area contributed by atoms with Gasteiger partial charge in [0.1, 0.15) is 0 Å². The van der Waals surface area contributed by atoms with Gasteiger partial charge >= 0.3 is 5.97 Å². The molecule has 0 atom stereocenters. The molecule has 1 aromatic carbocycles. The summed E-state index contributed by atoms with van der Waals surface area (Å²) in [6.07, 6.45) is 2.56. The van der Waals surface area contributed by atoms with Gasteiger partial charge in [-0.3, -0.25) is 0 Å². The smallest absolute Gasteiger partial charge is 0.328 e. The number of hydrogen-bond acceptors (Lipinski definition) is 5. The van der Waals surface area contributed by atoms with E-state index in [1.807, 2.05) is 0 Å². The fourth-order valence-electron chi connectivity index (χ4n) is 1.12. The molecule has 0 saturated heterocycles. The van der Waals surface area contributed by atoms with Crippen LogP contribution in [0.5, 0.6) is 11.5 Å². The molecule has 20 heavy (non-hydrogen) atoms. The molecule has 0 heterocycles. The predicted molar refractivity (Wildman–Crippen MR) is 74.3 cm³/mol. The number of ether oxygens (including phenoxy) is 2. The minimum absolute atomic E-state index is 0. The standard InChI is InChI=1S/C11H12O4.C2H8N2.Ni/c1-14-9-5-3-8(4-6-11(12)13)7-10(9)15-2;3-1-2-4;/h3-7H,1-2H3,(H,12,13);1-4H2;/b6-4+;;. The van der Waals surface area contributed by atoms with Crippen molar-refractivity contribution in [1.82, 2.24) is 0 Å². The molecule has 0 aliphatic rings. The summed E-state index contributed by atoms with van der Waals surface area (Å²) in [6, 6.07) is 5.18. The van der Waals surface area contributed by atoms with Crippen LogP contribution in [-0.2, 0) is 21.3 Å². The van der Waals surface area contributed by atoms with E-state index in [1.165, 1.54) is 13.2 Å². The van der Waals surface area contributed by atoms with Crippen molar-refractivity contribution < 1.29 is 35.9 Å². The zero-order chi connectivity index (χ0) is 14.7. The maximum absolute atomic E-state index is 10.3. The van der Waals surface area contributed by atoms with E-state index in [0.29, 0.717) is 24.6 Å². The Morgan fingerprint density at radius 1 is 1.20 bits per heavy atom. The van der Waals surface area contributed by atoms with Crippen LogP contribution >= 0.6 is 0 Å². The molecule has 7 heteroatoms. The maximum atomic E-state index is 10.3. The summed E-state index contributed by atoms with van der Waals surface area (Å²) in [4.78, 5) is 10.3. The second kappa shape index (κ2) is 12.5. The number of aliphatic carboxylic acids is 1. The normalized spacial score (nSPS) is 9.20. The van der Waals surface area contributed by atoms with E-state index in [4.69, 9.17) is 26.0 Å². The van der Waals surface area contributed by atoms with E-state index in [0.717, 1.165) is 11.6 Å². The first kappa shape index (κ1) is 20.8. The fourth-order valence-corrected chi connectivity index (χ4v) is 1.12. The molecule has 0 fully saturated rings. The van der Waals surface area contributed by atoms with Crippen LogP contribution in [-0.4, -0.2) is 38.4 Å². The van der Waals surface area contributed by atoms with Gasteiger partial charge in [0.25, 0.3) is 0 Å². The van der Waals surface area contributed by atoms with Crippen molar-refractivity contribution in [2.24, 2.45) is 11.5 Å². The summed E-state index contributed by atoms with van der Waals surface area (Å²) in [5.41, 5.74) is 10.6. The molecular weight excluding hydrogens is 307 g/mol. The molecular formula is C13H20N2NiO4. The van der Waals surface area contributed by atoms with Crippen molar-refractivity contribution in [2.45, 2.75) is 0 Å². The molecule has 0 aromatic heterocycles. The van der Waals surface area contributed by atoms with Gasteiger partial charge in [-0.05, 0) is 23.8 Å². The van der Waals surface area contributed by atoms with Gasteiger partial charge in [0.15, 0.2) is 11.5 Å². The minimum Gasteiger partial charge on any atom is -0.493 e. The molecule has 6 nitrogen and oxygen atoms in total. The largest absolute Gasteiger partial charge is 0.493 e. The monoisotopic (exact) mass is 326 g/mol. The molecule has 0 radical (unpaired) electrons. The quantitative estimate of drug-likeness (QED) is 0.543. The summed E-state index contributed by atoms with van der Waals surface area (Å²) in [6.45, 7) is 1.19. The van der Waals surface area contributed by atoms with Crippen LogP contribution in [0.3, 0.4) is 0 Å². The van der Waals surface area contributed by atoms with Crippen LogP contribution in [0.4, 0.5) is 0 Å². The van der Waals surface area contributed by atoms with Crippen LogP contribution in [0.15, 0.2) is 24.3 Å². The zero-order valence-corrected chi connectivity index (χ0v) is 12.4. The fraction of sp³-hybridized carbons (Fsp3) is 0.308. The molecule has 0 amide bonds. The van der Waals surface area contributed by atoms with E-state index < -0.39 is 5.97 Å². The Kier molecular flexibility index (Phi) is 12.9. The number of hydrogen-bond donors (Lipinski definition) is 3. The van der Waals surface area contributed by atoms with Crippen molar-refractivity contribution in [2.75, 3.05) is 27.3 Å². The van der Waals surface area contributed by atoms with E-state index in [1.54, 1.807) is 25.3 Å². The maximum Gasteiger partial charge on any atom is 0.328 e. The zero-order valence-electron chi connectivity index (χ0n) is 11.4. The van der Waals surface area contributed by atoms with Crippen LogP contribution < -0.4 is 20.9 Å². The van der Waals surface area contributed by atoms with Gasteiger partial charge in [-0.1, -0.05) is 6.07 Å². The van der Waals surface area contributed by atoms with Crippen LogP contribution in [0, 0.1) is 0 Å². The van der Waals surface area contributed by atoms with Crippen LogP contribution in [0.2, 0.25) is 0 Å². The average Bonchev–Trinajstić information content (AvgIpc) is 2.44. The Morgan fingerprint density at radius 3 is 2.15 bits per heavy atom. The Hall–Kier alpha value is -1.56. The summed E-state index contributed by atoms with van der Waals surface area (Å²) in [5.74, 6) is 0.208. The second-order valence-corrected chi connectivity index (χ2v) is 3.36. The third kappa shape index (κ3) is 8.53. The number of benzene rings is 1. The Morgan fingerprint density at radius 2 is 1.75 bits per heavy atom. The van der Waals surface area contributed by atoms with Gasteiger partial charge in [-0.2, -0.15) is 0 Å². The van der Waals surface area contributed by atoms with Crippen molar-refractivity contribution in [3.8, 4) is 11.5 Å². The van der Waals surface area contributed by atoms with E-state index >= 15 is 0 Å². The second-order valence-electron chi connectivity index (χ2n) is 3.36. The predicted octanol–water partition coefficient (Wildman–Crippen LogP) is 0.703. The van der Waals surface area contributed by atoms with E-state index in [-0.39, 0.29) is 16.5 Å². The van der Waals surface area contributed by atoms with Gasteiger partial charge in [0.05, 0.1) is 14.2 Å². The molecule has 0 unspecified atom stereocenters. The number of methoxy groups -OCH3 is 2. The Bertz CT molecular complexity index is 423. The molecule has 0 saturated carbocycles. The topological polar surface area (TPSA) is 108 Å². The first-order valence-corrected chi connectivity index (χ1v) is 5.62. The summed E-state index contributed by atoms with van der Waals surface area (Å²) in [7, 11) is 3.08. The minimum atomic E-state index is -0.982. The third-order valence-corrected chi connectivity index (χ3v) is 1.99. The molecule has 0 aliphatic carbocycles. The first-order valence-electron chi connectivity index (χ1n) is 5.62.